The zero-order valence-electron chi connectivity index (χ0n) is 10.7. The Hall–Kier alpha value is -1.59. The Balaban J connectivity index is 1.75. The third-order valence-corrected chi connectivity index (χ3v) is 4.16. The summed E-state index contributed by atoms with van der Waals surface area (Å²) in [6.07, 6.45) is 0. The van der Waals surface area contributed by atoms with E-state index in [0.717, 1.165) is 17.1 Å². The standard InChI is InChI=1S/C14H15N3OS/c1-9-2-4-10(5-3-9)19-8-13-16-12-7-15-6-11(12)14(18)17-13/h2-5,15H,6-8H2,1H3,(H,16,17,18). The number of aromatic nitrogens is 2. The number of benzene rings is 1. The molecule has 1 aromatic carbocycles. The van der Waals surface area contributed by atoms with E-state index in [-0.39, 0.29) is 5.56 Å². The molecule has 98 valence electrons. The maximum atomic E-state index is 11.8. The normalized spacial score (nSPS) is 13.5. The van der Waals surface area contributed by atoms with Gasteiger partial charge in [-0.05, 0) is 19.1 Å². The van der Waals surface area contributed by atoms with Gasteiger partial charge in [0.05, 0.1) is 17.0 Å². The number of aryl methyl sites for hydroxylation is 1. The third kappa shape index (κ3) is 2.72. The number of H-pyrrole nitrogens is 1. The van der Waals surface area contributed by atoms with Crippen molar-refractivity contribution in [3.05, 3.63) is 57.3 Å². The Morgan fingerprint density at radius 1 is 1.26 bits per heavy atom. The monoisotopic (exact) mass is 273 g/mol. The Morgan fingerprint density at radius 2 is 2.05 bits per heavy atom. The number of hydrogen-bond acceptors (Lipinski definition) is 4. The van der Waals surface area contributed by atoms with Gasteiger partial charge in [0.15, 0.2) is 0 Å². The van der Waals surface area contributed by atoms with Crippen LogP contribution in [0.5, 0.6) is 0 Å². The van der Waals surface area contributed by atoms with E-state index in [2.05, 4.69) is 46.5 Å². The van der Waals surface area contributed by atoms with Crippen LogP contribution in [0.4, 0.5) is 0 Å². The Labute approximate surface area is 115 Å². The molecular weight excluding hydrogens is 258 g/mol. The summed E-state index contributed by atoms with van der Waals surface area (Å²) in [6, 6.07) is 8.36. The van der Waals surface area contributed by atoms with Crippen molar-refractivity contribution in [3.8, 4) is 0 Å². The molecule has 0 atom stereocenters. The predicted octanol–water partition coefficient (Wildman–Crippen LogP) is 1.97. The molecule has 0 saturated carbocycles. The van der Waals surface area contributed by atoms with Crippen LogP contribution in [0.2, 0.25) is 0 Å². The second-order valence-corrected chi connectivity index (χ2v) is 5.69. The molecule has 1 aromatic heterocycles. The molecule has 1 aliphatic heterocycles. The van der Waals surface area contributed by atoms with Gasteiger partial charge >= 0.3 is 0 Å². The summed E-state index contributed by atoms with van der Waals surface area (Å²) < 4.78 is 0. The molecule has 0 spiro atoms. The Morgan fingerprint density at radius 3 is 2.84 bits per heavy atom. The minimum Gasteiger partial charge on any atom is -0.310 e. The van der Waals surface area contributed by atoms with Crippen LogP contribution in [0.1, 0.15) is 22.6 Å². The summed E-state index contributed by atoms with van der Waals surface area (Å²) in [5.74, 6) is 1.43. The number of thioether (sulfide) groups is 1. The molecule has 0 fully saturated rings. The highest BCUT2D eigenvalue weighted by Crippen LogP contribution is 2.21. The van der Waals surface area contributed by atoms with E-state index in [1.54, 1.807) is 11.8 Å². The molecule has 0 aliphatic carbocycles. The van der Waals surface area contributed by atoms with Crippen molar-refractivity contribution in [2.24, 2.45) is 0 Å². The van der Waals surface area contributed by atoms with Crippen LogP contribution in [0.3, 0.4) is 0 Å². The van der Waals surface area contributed by atoms with Crippen molar-refractivity contribution in [1.29, 1.82) is 0 Å². The first-order chi connectivity index (χ1) is 9.22. The molecule has 2 N–H and O–H groups in total. The summed E-state index contributed by atoms with van der Waals surface area (Å²) in [7, 11) is 0. The highest BCUT2D eigenvalue weighted by atomic mass is 32.2. The quantitative estimate of drug-likeness (QED) is 0.840. The van der Waals surface area contributed by atoms with Crippen LogP contribution in [0.25, 0.3) is 0 Å². The van der Waals surface area contributed by atoms with Gasteiger partial charge < -0.3 is 10.3 Å². The molecule has 2 heterocycles. The average molecular weight is 273 g/mol. The summed E-state index contributed by atoms with van der Waals surface area (Å²) in [6.45, 7) is 3.39. The van der Waals surface area contributed by atoms with Crippen molar-refractivity contribution >= 4 is 11.8 Å². The summed E-state index contributed by atoms with van der Waals surface area (Å²) >= 11 is 1.68. The highest BCUT2D eigenvalue weighted by molar-refractivity contribution is 7.98. The van der Waals surface area contributed by atoms with Crippen molar-refractivity contribution in [1.82, 2.24) is 15.3 Å². The van der Waals surface area contributed by atoms with E-state index in [4.69, 9.17) is 0 Å². The van der Waals surface area contributed by atoms with Crippen LogP contribution in [0, 0.1) is 6.92 Å². The lowest BCUT2D eigenvalue weighted by Crippen LogP contribution is -2.17. The highest BCUT2D eigenvalue weighted by Gasteiger charge is 2.16. The number of nitrogens with zero attached hydrogens (tertiary/aromatic N) is 1. The number of hydrogen-bond donors (Lipinski definition) is 2. The van der Waals surface area contributed by atoms with Gasteiger partial charge in [-0.2, -0.15) is 0 Å². The minimum atomic E-state index is -0.00509. The largest absolute Gasteiger partial charge is 0.310 e. The first-order valence-corrected chi connectivity index (χ1v) is 7.22. The molecule has 2 aromatic rings. The van der Waals surface area contributed by atoms with E-state index in [0.29, 0.717) is 18.8 Å². The van der Waals surface area contributed by atoms with Crippen molar-refractivity contribution in [3.63, 3.8) is 0 Å². The zero-order chi connectivity index (χ0) is 13.2. The molecule has 4 nitrogen and oxygen atoms in total. The van der Waals surface area contributed by atoms with E-state index >= 15 is 0 Å². The summed E-state index contributed by atoms with van der Waals surface area (Å²) in [4.78, 5) is 20.4. The molecule has 0 saturated heterocycles. The number of fused-ring (bicyclic) bond motifs is 1. The van der Waals surface area contributed by atoms with Gasteiger partial charge in [-0.3, -0.25) is 4.79 Å². The maximum absolute atomic E-state index is 11.8. The number of aromatic amines is 1. The van der Waals surface area contributed by atoms with Crippen LogP contribution in [-0.2, 0) is 18.8 Å². The lowest BCUT2D eigenvalue weighted by molar-refractivity contribution is 0.756. The van der Waals surface area contributed by atoms with E-state index in [1.165, 1.54) is 10.5 Å². The van der Waals surface area contributed by atoms with Crippen LogP contribution in [0.15, 0.2) is 34.0 Å². The van der Waals surface area contributed by atoms with E-state index < -0.39 is 0 Å². The van der Waals surface area contributed by atoms with Crippen molar-refractivity contribution in [2.75, 3.05) is 0 Å². The molecular formula is C14H15N3OS. The SMILES string of the molecule is Cc1ccc(SCc2nc3c(c(=O)[nH]2)CNC3)cc1. The first-order valence-electron chi connectivity index (χ1n) is 6.23. The molecule has 1 aliphatic rings. The third-order valence-electron chi connectivity index (χ3n) is 3.14. The van der Waals surface area contributed by atoms with Gasteiger partial charge in [0.2, 0.25) is 0 Å². The zero-order valence-corrected chi connectivity index (χ0v) is 11.5. The fraction of sp³-hybridized carbons (Fsp3) is 0.286. The second kappa shape index (κ2) is 5.19. The lowest BCUT2D eigenvalue weighted by atomic mass is 10.2. The van der Waals surface area contributed by atoms with E-state index in [9.17, 15) is 4.79 Å². The average Bonchev–Trinajstić information content (AvgIpc) is 2.87. The van der Waals surface area contributed by atoms with E-state index in [1.807, 2.05) is 0 Å². The summed E-state index contributed by atoms with van der Waals surface area (Å²) in [5, 5.41) is 3.15. The minimum absolute atomic E-state index is 0.00509. The second-order valence-electron chi connectivity index (χ2n) is 4.64. The molecule has 0 amide bonds. The van der Waals surface area contributed by atoms with Gasteiger partial charge in [0.25, 0.3) is 5.56 Å². The number of nitrogens with one attached hydrogen (secondary N) is 2. The van der Waals surface area contributed by atoms with Gasteiger partial charge in [-0.25, -0.2) is 4.98 Å². The van der Waals surface area contributed by atoms with Gasteiger partial charge in [-0.15, -0.1) is 11.8 Å². The molecule has 0 unspecified atom stereocenters. The van der Waals surface area contributed by atoms with Crippen molar-refractivity contribution < 1.29 is 0 Å². The lowest BCUT2D eigenvalue weighted by Gasteiger charge is -2.04. The van der Waals surface area contributed by atoms with Crippen LogP contribution < -0.4 is 10.9 Å². The Bertz CT molecular complexity index is 649. The smallest absolute Gasteiger partial charge is 0.255 e. The Kier molecular flexibility index (Phi) is 3.40. The molecule has 19 heavy (non-hydrogen) atoms. The maximum Gasteiger partial charge on any atom is 0.255 e. The fourth-order valence-corrected chi connectivity index (χ4v) is 2.85. The fourth-order valence-electron chi connectivity index (χ4n) is 2.08. The first kappa shape index (κ1) is 12.4. The molecule has 3 rings (SSSR count). The topological polar surface area (TPSA) is 57.8 Å². The molecule has 0 bridgehead atoms. The molecule has 0 radical (unpaired) electrons. The van der Waals surface area contributed by atoms with Crippen LogP contribution in [-0.4, -0.2) is 9.97 Å². The summed E-state index contributed by atoms with van der Waals surface area (Å²) in [5.41, 5.74) is 2.92. The van der Waals surface area contributed by atoms with Crippen LogP contribution >= 0.6 is 11.8 Å². The van der Waals surface area contributed by atoms with Gasteiger partial charge in [0, 0.05) is 18.0 Å². The predicted molar refractivity (Wildman–Crippen MR) is 76.1 cm³/mol. The number of rotatable bonds is 3. The van der Waals surface area contributed by atoms with Gasteiger partial charge in [-0.1, -0.05) is 17.7 Å². The molecule has 5 heteroatoms. The van der Waals surface area contributed by atoms with Crippen molar-refractivity contribution in [2.45, 2.75) is 30.7 Å². The van der Waals surface area contributed by atoms with Gasteiger partial charge in [0.1, 0.15) is 5.82 Å².